The van der Waals surface area contributed by atoms with Gasteiger partial charge in [-0.3, -0.25) is 0 Å². The van der Waals surface area contributed by atoms with Gasteiger partial charge in [-0.15, -0.1) is 11.3 Å². The number of hydrogen-bond acceptors (Lipinski definition) is 3. The SMILES string of the molecule is OB(O)Cc1csc2ccc(Cl)cc12. The molecule has 0 spiro atoms. The third-order valence-corrected chi connectivity index (χ3v) is 3.27. The second kappa shape index (κ2) is 3.91. The quantitative estimate of drug-likeness (QED) is 0.770. The first-order valence-corrected chi connectivity index (χ1v) is 5.44. The van der Waals surface area contributed by atoms with Crippen molar-refractivity contribution in [2.75, 3.05) is 0 Å². The molecule has 0 fully saturated rings. The minimum absolute atomic E-state index is 0.250. The summed E-state index contributed by atoms with van der Waals surface area (Å²) in [6.45, 7) is 0. The molecule has 1 heterocycles. The Labute approximate surface area is 90.9 Å². The summed E-state index contributed by atoms with van der Waals surface area (Å²) in [4.78, 5) is 0. The summed E-state index contributed by atoms with van der Waals surface area (Å²) in [5, 5.41) is 21.4. The van der Waals surface area contributed by atoms with Crippen molar-refractivity contribution in [2.24, 2.45) is 0 Å². The van der Waals surface area contributed by atoms with E-state index in [1.54, 1.807) is 11.3 Å². The molecule has 2 nitrogen and oxygen atoms in total. The molecule has 0 radical (unpaired) electrons. The molecule has 2 aromatic rings. The van der Waals surface area contributed by atoms with Gasteiger partial charge in [0.2, 0.25) is 0 Å². The molecule has 0 unspecified atom stereocenters. The van der Waals surface area contributed by atoms with E-state index < -0.39 is 7.12 Å². The Morgan fingerprint density at radius 3 is 2.86 bits per heavy atom. The van der Waals surface area contributed by atoms with Crippen molar-refractivity contribution in [2.45, 2.75) is 6.32 Å². The number of halogens is 1. The van der Waals surface area contributed by atoms with Gasteiger partial charge in [-0.2, -0.15) is 0 Å². The lowest BCUT2D eigenvalue weighted by Gasteiger charge is -1.98. The van der Waals surface area contributed by atoms with Gasteiger partial charge >= 0.3 is 7.12 Å². The Bertz CT molecular complexity index is 455. The highest BCUT2D eigenvalue weighted by molar-refractivity contribution is 7.17. The fourth-order valence-electron chi connectivity index (χ4n) is 1.41. The summed E-state index contributed by atoms with van der Waals surface area (Å²) in [6, 6.07) is 5.63. The highest BCUT2D eigenvalue weighted by atomic mass is 35.5. The first-order valence-electron chi connectivity index (χ1n) is 4.18. The maximum absolute atomic E-state index is 8.88. The first kappa shape index (κ1) is 9.99. The molecular weight excluding hydrogens is 218 g/mol. The molecular formula is C9H8BClO2S. The van der Waals surface area contributed by atoms with Crippen molar-refractivity contribution in [1.82, 2.24) is 0 Å². The molecule has 0 aliphatic rings. The van der Waals surface area contributed by atoms with Crippen LogP contribution in [0.5, 0.6) is 0 Å². The highest BCUT2D eigenvalue weighted by Crippen LogP contribution is 2.28. The van der Waals surface area contributed by atoms with E-state index in [2.05, 4.69) is 0 Å². The molecule has 0 amide bonds. The molecule has 0 atom stereocenters. The van der Waals surface area contributed by atoms with Gasteiger partial charge in [0.1, 0.15) is 0 Å². The van der Waals surface area contributed by atoms with Crippen LogP contribution in [0.3, 0.4) is 0 Å². The number of hydrogen-bond donors (Lipinski definition) is 2. The molecule has 0 saturated heterocycles. The van der Waals surface area contributed by atoms with Crippen molar-refractivity contribution in [3.8, 4) is 0 Å². The zero-order chi connectivity index (χ0) is 10.1. The molecule has 1 aromatic heterocycles. The first-order chi connectivity index (χ1) is 6.66. The largest absolute Gasteiger partial charge is 0.456 e. The molecule has 14 heavy (non-hydrogen) atoms. The molecule has 0 aliphatic heterocycles. The van der Waals surface area contributed by atoms with E-state index in [4.69, 9.17) is 21.6 Å². The van der Waals surface area contributed by atoms with Gasteiger partial charge in [-0.25, -0.2) is 0 Å². The minimum Gasteiger partial charge on any atom is -0.427 e. The Hall–Kier alpha value is -0.545. The normalized spacial score (nSPS) is 10.8. The molecule has 0 bridgehead atoms. The van der Waals surface area contributed by atoms with Crippen LogP contribution in [-0.4, -0.2) is 17.2 Å². The Kier molecular flexibility index (Phi) is 2.79. The minimum atomic E-state index is -1.30. The lowest BCUT2D eigenvalue weighted by molar-refractivity contribution is 0.405. The summed E-state index contributed by atoms with van der Waals surface area (Å²) in [5.74, 6) is 0. The van der Waals surface area contributed by atoms with Gasteiger partial charge in [0.05, 0.1) is 0 Å². The zero-order valence-electron chi connectivity index (χ0n) is 7.27. The smallest absolute Gasteiger partial charge is 0.427 e. The summed E-state index contributed by atoms with van der Waals surface area (Å²) in [7, 11) is -1.30. The lowest BCUT2D eigenvalue weighted by Crippen LogP contribution is -2.14. The third kappa shape index (κ3) is 1.93. The van der Waals surface area contributed by atoms with Gasteiger partial charge in [0, 0.05) is 16.0 Å². The number of thiophene rings is 1. The Morgan fingerprint density at radius 2 is 2.14 bits per heavy atom. The van der Waals surface area contributed by atoms with Crippen LogP contribution in [0, 0.1) is 0 Å². The van der Waals surface area contributed by atoms with Crippen molar-refractivity contribution in [3.63, 3.8) is 0 Å². The van der Waals surface area contributed by atoms with E-state index >= 15 is 0 Å². The second-order valence-electron chi connectivity index (χ2n) is 3.09. The molecule has 0 saturated carbocycles. The van der Waals surface area contributed by atoms with Crippen LogP contribution in [-0.2, 0) is 6.32 Å². The van der Waals surface area contributed by atoms with Gasteiger partial charge in [-0.1, -0.05) is 11.6 Å². The summed E-state index contributed by atoms with van der Waals surface area (Å²) in [5.41, 5.74) is 0.933. The van der Waals surface area contributed by atoms with Crippen molar-refractivity contribution < 1.29 is 10.0 Å². The topological polar surface area (TPSA) is 40.5 Å². The van der Waals surface area contributed by atoms with Crippen LogP contribution < -0.4 is 0 Å². The average molecular weight is 226 g/mol. The van der Waals surface area contributed by atoms with Crippen LogP contribution in [0.15, 0.2) is 23.6 Å². The molecule has 1 aromatic carbocycles. The van der Waals surface area contributed by atoms with E-state index in [9.17, 15) is 0 Å². The number of benzene rings is 1. The van der Waals surface area contributed by atoms with Gasteiger partial charge < -0.3 is 10.0 Å². The standard InChI is InChI=1S/C9H8BClO2S/c11-7-1-2-9-8(3-7)6(5-14-9)4-10(12)13/h1-3,5,12-13H,4H2. The summed E-state index contributed by atoms with van der Waals surface area (Å²) in [6.07, 6.45) is 0.250. The van der Waals surface area contributed by atoms with Crippen LogP contribution in [0.1, 0.15) is 5.56 Å². The predicted molar refractivity (Wildman–Crippen MR) is 60.7 cm³/mol. The molecule has 72 valence electrons. The number of rotatable bonds is 2. The Balaban J connectivity index is 2.50. The maximum Gasteiger partial charge on any atom is 0.456 e. The molecule has 2 rings (SSSR count). The van der Waals surface area contributed by atoms with E-state index in [1.165, 1.54) is 0 Å². The van der Waals surface area contributed by atoms with Crippen molar-refractivity contribution in [3.05, 3.63) is 34.2 Å². The summed E-state index contributed by atoms with van der Waals surface area (Å²) >= 11 is 7.45. The fraction of sp³-hybridized carbons (Fsp3) is 0.111. The zero-order valence-corrected chi connectivity index (χ0v) is 8.85. The summed E-state index contributed by atoms with van der Waals surface area (Å²) < 4.78 is 1.12. The van der Waals surface area contributed by atoms with Crippen LogP contribution in [0.4, 0.5) is 0 Å². The van der Waals surface area contributed by atoms with Crippen molar-refractivity contribution >= 4 is 40.1 Å². The van der Waals surface area contributed by atoms with Crippen LogP contribution in [0.25, 0.3) is 10.1 Å². The highest BCUT2D eigenvalue weighted by Gasteiger charge is 2.12. The van der Waals surface area contributed by atoms with Gasteiger partial charge in [0.15, 0.2) is 0 Å². The van der Waals surface area contributed by atoms with Gasteiger partial charge in [0.25, 0.3) is 0 Å². The van der Waals surface area contributed by atoms with E-state index in [0.717, 1.165) is 15.6 Å². The average Bonchev–Trinajstić information content (AvgIpc) is 2.47. The fourth-order valence-corrected chi connectivity index (χ4v) is 2.54. The lowest BCUT2D eigenvalue weighted by atomic mass is 9.82. The van der Waals surface area contributed by atoms with Crippen LogP contribution in [0.2, 0.25) is 5.02 Å². The van der Waals surface area contributed by atoms with Crippen LogP contribution >= 0.6 is 22.9 Å². The predicted octanol–water partition coefficient (Wildman–Crippen LogP) is 2.11. The van der Waals surface area contributed by atoms with Crippen molar-refractivity contribution in [1.29, 1.82) is 0 Å². The monoisotopic (exact) mass is 226 g/mol. The molecule has 2 N–H and O–H groups in total. The second-order valence-corrected chi connectivity index (χ2v) is 4.43. The number of fused-ring (bicyclic) bond motifs is 1. The maximum atomic E-state index is 8.88. The Morgan fingerprint density at radius 1 is 1.36 bits per heavy atom. The third-order valence-electron chi connectivity index (χ3n) is 2.02. The van der Waals surface area contributed by atoms with E-state index in [0.29, 0.717) is 5.02 Å². The van der Waals surface area contributed by atoms with E-state index in [1.807, 2.05) is 23.6 Å². The molecule has 0 aliphatic carbocycles. The molecule has 5 heteroatoms. The van der Waals surface area contributed by atoms with Gasteiger partial charge in [-0.05, 0) is 34.5 Å². The van der Waals surface area contributed by atoms with E-state index in [-0.39, 0.29) is 6.32 Å².